The second-order valence-electron chi connectivity index (χ2n) is 6.38. The number of nitrogens with one attached hydrogen (secondary N) is 1. The summed E-state index contributed by atoms with van der Waals surface area (Å²) in [6, 6.07) is 0. The highest BCUT2D eigenvalue weighted by Crippen LogP contribution is 2.28. The summed E-state index contributed by atoms with van der Waals surface area (Å²) in [6.07, 6.45) is 5.90. The van der Waals surface area contributed by atoms with Gasteiger partial charge in [-0.3, -0.25) is 4.99 Å². The Bertz CT molecular complexity index is 493. The number of aryl methyl sites for hydroxylation is 1. The van der Waals surface area contributed by atoms with Crippen molar-refractivity contribution >= 4 is 17.3 Å². The number of likely N-dealkylation sites (tertiary alicyclic amines) is 1. The largest absolute Gasteiger partial charge is 0.356 e. The molecule has 1 saturated heterocycles. The number of nitrogens with zero attached hydrogens (tertiary/aromatic N) is 3. The number of thiazole rings is 1. The highest BCUT2D eigenvalue weighted by molar-refractivity contribution is 7.09. The predicted octanol–water partition coefficient (Wildman–Crippen LogP) is 3.58. The lowest BCUT2D eigenvalue weighted by Crippen LogP contribution is -2.41. The van der Waals surface area contributed by atoms with Gasteiger partial charge < -0.3 is 10.2 Å². The normalized spacial score (nSPS) is 18.9. The molecule has 4 nitrogen and oxygen atoms in total. The quantitative estimate of drug-likeness (QED) is 0.611. The summed E-state index contributed by atoms with van der Waals surface area (Å²) in [6.45, 7) is 10.0. The van der Waals surface area contributed by atoms with Gasteiger partial charge in [0.1, 0.15) is 0 Å². The zero-order chi connectivity index (χ0) is 16.7. The fourth-order valence-corrected chi connectivity index (χ4v) is 4.36. The van der Waals surface area contributed by atoms with Gasteiger partial charge in [0.2, 0.25) is 0 Å². The molecule has 0 aromatic carbocycles. The van der Waals surface area contributed by atoms with E-state index in [1.807, 2.05) is 7.05 Å². The number of aromatic nitrogens is 1. The van der Waals surface area contributed by atoms with Crippen LogP contribution in [0.2, 0.25) is 0 Å². The molecule has 0 saturated carbocycles. The van der Waals surface area contributed by atoms with E-state index < -0.39 is 0 Å². The van der Waals surface area contributed by atoms with Gasteiger partial charge in [0.05, 0.1) is 10.7 Å². The van der Waals surface area contributed by atoms with E-state index in [0.29, 0.717) is 0 Å². The van der Waals surface area contributed by atoms with E-state index in [4.69, 9.17) is 0 Å². The van der Waals surface area contributed by atoms with Crippen molar-refractivity contribution in [3.63, 3.8) is 0 Å². The maximum Gasteiger partial charge on any atom is 0.193 e. The van der Waals surface area contributed by atoms with Gasteiger partial charge in [0.25, 0.3) is 0 Å². The average Bonchev–Trinajstić information content (AvgIpc) is 3.22. The molecule has 0 bridgehead atoms. The molecule has 0 amide bonds. The Labute approximate surface area is 145 Å². The van der Waals surface area contributed by atoms with Crippen LogP contribution in [0.5, 0.6) is 0 Å². The lowest BCUT2D eigenvalue weighted by molar-refractivity contribution is 0.319. The lowest BCUT2D eigenvalue weighted by Gasteiger charge is -2.24. The molecule has 1 N–H and O–H groups in total. The molecule has 0 aliphatic carbocycles. The van der Waals surface area contributed by atoms with Crippen molar-refractivity contribution < 1.29 is 0 Å². The third kappa shape index (κ3) is 4.93. The maximum absolute atomic E-state index is 4.63. The van der Waals surface area contributed by atoms with Gasteiger partial charge in [0.15, 0.2) is 5.96 Å². The fourth-order valence-electron chi connectivity index (χ4n) is 3.58. The third-order valence-corrected chi connectivity index (χ3v) is 6.06. The van der Waals surface area contributed by atoms with E-state index in [1.165, 1.54) is 30.0 Å². The van der Waals surface area contributed by atoms with Crippen LogP contribution < -0.4 is 5.32 Å². The fraction of sp³-hybridized carbons (Fsp3) is 0.778. The molecular formula is C18H32N4S. The molecule has 1 aromatic rings. The van der Waals surface area contributed by atoms with Crippen molar-refractivity contribution in [2.24, 2.45) is 16.8 Å². The molecule has 23 heavy (non-hydrogen) atoms. The van der Waals surface area contributed by atoms with Gasteiger partial charge in [-0.1, -0.05) is 33.6 Å². The predicted molar refractivity (Wildman–Crippen MR) is 100 cm³/mol. The number of rotatable bonds is 7. The van der Waals surface area contributed by atoms with Gasteiger partial charge in [-0.05, 0) is 24.7 Å². The van der Waals surface area contributed by atoms with Crippen molar-refractivity contribution in [2.75, 3.05) is 26.7 Å². The molecule has 1 fully saturated rings. The van der Waals surface area contributed by atoms with Crippen molar-refractivity contribution in [1.29, 1.82) is 0 Å². The summed E-state index contributed by atoms with van der Waals surface area (Å²) in [5.41, 5.74) is 1.20. The van der Waals surface area contributed by atoms with Crippen LogP contribution >= 0.6 is 11.3 Å². The first-order valence-electron chi connectivity index (χ1n) is 9.10. The summed E-state index contributed by atoms with van der Waals surface area (Å²) >= 11 is 1.77. The first-order valence-corrected chi connectivity index (χ1v) is 9.98. The van der Waals surface area contributed by atoms with Crippen LogP contribution in [-0.2, 0) is 12.8 Å². The molecule has 2 rings (SSSR count). The van der Waals surface area contributed by atoms with Crippen LogP contribution in [0.1, 0.15) is 50.7 Å². The number of aliphatic imine (C=N–C) groups is 1. The summed E-state index contributed by atoms with van der Waals surface area (Å²) < 4.78 is 0. The Morgan fingerprint density at radius 3 is 2.83 bits per heavy atom. The highest BCUT2D eigenvalue weighted by Gasteiger charge is 2.29. The van der Waals surface area contributed by atoms with Crippen LogP contribution in [0, 0.1) is 11.8 Å². The minimum absolute atomic E-state index is 0.828. The number of hydrogen-bond donors (Lipinski definition) is 1. The van der Waals surface area contributed by atoms with Crippen LogP contribution in [0.15, 0.2) is 10.4 Å². The summed E-state index contributed by atoms with van der Waals surface area (Å²) in [7, 11) is 1.89. The Morgan fingerprint density at radius 1 is 1.43 bits per heavy atom. The zero-order valence-electron chi connectivity index (χ0n) is 15.1. The van der Waals surface area contributed by atoms with Gasteiger partial charge >= 0.3 is 0 Å². The van der Waals surface area contributed by atoms with Crippen LogP contribution in [0.4, 0.5) is 0 Å². The molecule has 0 radical (unpaired) electrons. The van der Waals surface area contributed by atoms with Crippen molar-refractivity contribution in [3.05, 3.63) is 16.1 Å². The molecule has 1 unspecified atom stereocenters. The molecule has 130 valence electrons. The van der Waals surface area contributed by atoms with E-state index in [1.54, 1.807) is 11.3 Å². The zero-order valence-corrected chi connectivity index (χ0v) is 16.0. The van der Waals surface area contributed by atoms with E-state index in [9.17, 15) is 0 Å². The first-order chi connectivity index (χ1) is 11.2. The van der Waals surface area contributed by atoms with E-state index >= 15 is 0 Å². The molecule has 5 heteroatoms. The van der Waals surface area contributed by atoms with Crippen LogP contribution in [-0.4, -0.2) is 42.5 Å². The highest BCUT2D eigenvalue weighted by atomic mass is 32.1. The smallest absolute Gasteiger partial charge is 0.193 e. The summed E-state index contributed by atoms with van der Waals surface area (Å²) in [5, 5.41) is 6.94. The number of hydrogen-bond acceptors (Lipinski definition) is 3. The second kappa shape index (κ2) is 9.26. The SMILES string of the molecule is CCc1nc(CCNC(=NC)N2CCC(C(CC)CC)C2)cs1. The first kappa shape index (κ1) is 18.2. The Kier molecular flexibility index (Phi) is 7.34. The minimum Gasteiger partial charge on any atom is -0.356 e. The minimum atomic E-state index is 0.828. The van der Waals surface area contributed by atoms with Crippen molar-refractivity contribution in [1.82, 2.24) is 15.2 Å². The van der Waals surface area contributed by atoms with Gasteiger partial charge in [-0.25, -0.2) is 4.98 Å². The Balaban J connectivity index is 1.79. The summed E-state index contributed by atoms with van der Waals surface area (Å²) in [4.78, 5) is 11.5. The van der Waals surface area contributed by atoms with Gasteiger partial charge in [-0.2, -0.15) is 0 Å². The van der Waals surface area contributed by atoms with Crippen molar-refractivity contribution in [3.8, 4) is 0 Å². The van der Waals surface area contributed by atoms with Crippen molar-refractivity contribution in [2.45, 2.75) is 52.9 Å². The maximum atomic E-state index is 4.63. The standard InChI is InChI=1S/C18H32N4S/c1-5-14(6-2)15-9-11-22(12-15)18(19-4)20-10-8-16-13-23-17(7-3)21-16/h13-15H,5-12H2,1-4H3,(H,19,20). The molecule has 1 aliphatic heterocycles. The summed E-state index contributed by atoms with van der Waals surface area (Å²) in [5.74, 6) is 2.75. The second-order valence-corrected chi connectivity index (χ2v) is 7.32. The average molecular weight is 337 g/mol. The third-order valence-electron chi connectivity index (χ3n) is 5.02. The molecule has 1 aromatic heterocycles. The molecule has 1 aliphatic rings. The van der Waals surface area contributed by atoms with Crippen LogP contribution in [0.3, 0.4) is 0 Å². The van der Waals surface area contributed by atoms with Gasteiger partial charge in [-0.15, -0.1) is 11.3 Å². The van der Waals surface area contributed by atoms with E-state index in [0.717, 1.165) is 50.3 Å². The van der Waals surface area contributed by atoms with Crippen LogP contribution in [0.25, 0.3) is 0 Å². The monoisotopic (exact) mass is 336 g/mol. The van der Waals surface area contributed by atoms with E-state index in [2.05, 4.69) is 46.3 Å². The molecule has 2 heterocycles. The van der Waals surface area contributed by atoms with E-state index in [-0.39, 0.29) is 0 Å². The molecule has 0 spiro atoms. The number of guanidine groups is 1. The Hall–Kier alpha value is -1.10. The topological polar surface area (TPSA) is 40.5 Å². The lowest BCUT2D eigenvalue weighted by atomic mass is 9.87. The molecular weight excluding hydrogens is 304 g/mol. The molecule has 1 atom stereocenters. The van der Waals surface area contributed by atoms with Gasteiger partial charge in [0, 0.05) is 38.5 Å². The Morgan fingerprint density at radius 2 is 2.22 bits per heavy atom.